The summed E-state index contributed by atoms with van der Waals surface area (Å²) in [6, 6.07) is 4.84. The Kier molecular flexibility index (Phi) is 3.14. The van der Waals surface area contributed by atoms with Crippen LogP contribution in [0.3, 0.4) is 0 Å². The Labute approximate surface area is 106 Å². The SMILES string of the molecule is COc1ccc(/C=C2/NC(=O)NC2=O)cc1Br. The predicted molar refractivity (Wildman–Crippen MR) is 65.3 cm³/mol. The summed E-state index contributed by atoms with van der Waals surface area (Å²) in [5, 5.41) is 4.55. The van der Waals surface area contributed by atoms with Crippen LogP contribution in [0.25, 0.3) is 6.08 Å². The second-order valence-corrected chi connectivity index (χ2v) is 4.21. The second kappa shape index (κ2) is 4.58. The van der Waals surface area contributed by atoms with Gasteiger partial charge in [0.2, 0.25) is 0 Å². The van der Waals surface area contributed by atoms with Gasteiger partial charge in [0.1, 0.15) is 11.4 Å². The van der Waals surface area contributed by atoms with Gasteiger partial charge in [-0.25, -0.2) is 4.79 Å². The highest BCUT2D eigenvalue weighted by atomic mass is 79.9. The molecular formula is C11H9BrN2O3. The fourth-order valence-electron chi connectivity index (χ4n) is 1.42. The van der Waals surface area contributed by atoms with Crippen LogP contribution in [0.4, 0.5) is 4.79 Å². The Morgan fingerprint density at radius 1 is 1.29 bits per heavy atom. The third kappa shape index (κ3) is 2.47. The number of carbonyl (C=O) groups excluding carboxylic acids is 2. The maximum atomic E-state index is 11.3. The standard InChI is InChI=1S/C11H9BrN2O3/c1-17-9-3-2-6(4-7(9)12)5-8-10(15)14-11(16)13-8/h2-5H,1H3,(H2,13,14,15,16)/b8-5+. The van der Waals surface area contributed by atoms with E-state index in [-0.39, 0.29) is 5.70 Å². The normalized spacial score (nSPS) is 16.9. The number of urea groups is 1. The Balaban J connectivity index is 2.30. The molecule has 0 spiro atoms. The number of hydrogen-bond acceptors (Lipinski definition) is 3. The first-order valence-electron chi connectivity index (χ1n) is 4.77. The number of rotatable bonds is 2. The number of ether oxygens (including phenoxy) is 1. The topological polar surface area (TPSA) is 67.4 Å². The highest BCUT2D eigenvalue weighted by Crippen LogP contribution is 2.26. The predicted octanol–water partition coefficient (Wildman–Crippen LogP) is 1.64. The first-order valence-corrected chi connectivity index (χ1v) is 5.57. The molecule has 6 heteroatoms. The van der Waals surface area contributed by atoms with Crippen LogP contribution in [0, 0.1) is 0 Å². The number of nitrogens with one attached hydrogen (secondary N) is 2. The van der Waals surface area contributed by atoms with Gasteiger partial charge < -0.3 is 10.1 Å². The zero-order chi connectivity index (χ0) is 12.4. The van der Waals surface area contributed by atoms with E-state index in [1.807, 2.05) is 0 Å². The van der Waals surface area contributed by atoms with Crippen molar-refractivity contribution < 1.29 is 14.3 Å². The summed E-state index contributed by atoms with van der Waals surface area (Å²) < 4.78 is 5.87. The minimum absolute atomic E-state index is 0.229. The molecule has 1 aliphatic rings. The van der Waals surface area contributed by atoms with E-state index < -0.39 is 11.9 Å². The molecule has 0 unspecified atom stereocenters. The van der Waals surface area contributed by atoms with Crippen molar-refractivity contribution in [2.45, 2.75) is 0 Å². The van der Waals surface area contributed by atoms with E-state index in [4.69, 9.17) is 4.74 Å². The average molecular weight is 297 g/mol. The summed E-state index contributed by atoms with van der Waals surface area (Å²) in [7, 11) is 1.57. The molecule has 1 aromatic carbocycles. The van der Waals surface area contributed by atoms with Gasteiger partial charge in [-0.2, -0.15) is 0 Å². The number of carbonyl (C=O) groups is 2. The molecule has 0 bridgehead atoms. The number of amides is 3. The molecule has 0 aromatic heterocycles. The summed E-state index contributed by atoms with van der Waals surface area (Å²) in [4.78, 5) is 22.2. The molecule has 0 saturated carbocycles. The van der Waals surface area contributed by atoms with Gasteiger partial charge in [-0.3, -0.25) is 10.1 Å². The number of halogens is 1. The maximum Gasteiger partial charge on any atom is 0.326 e. The van der Waals surface area contributed by atoms with Crippen LogP contribution in [0.2, 0.25) is 0 Å². The summed E-state index contributed by atoms with van der Waals surface area (Å²) >= 11 is 3.34. The molecule has 0 atom stereocenters. The van der Waals surface area contributed by atoms with Crippen molar-refractivity contribution in [1.82, 2.24) is 10.6 Å². The molecule has 3 amide bonds. The molecule has 0 radical (unpaired) electrons. The van der Waals surface area contributed by atoms with Crippen LogP contribution >= 0.6 is 15.9 Å². The summed E-state index contributed by atoms with van der Waals surface area (Å²) in [6.45, 7) is 0. The molecule has 1 aromatic rings. The third-order valence-electron chi connectivity index (χ3n) is 2.21. The summed E-state index contributed by atoms with van der Waals surface area (Å²) in [6.07, 6.45) is 1.59. The van der Waals surface area contributed by atoms with Gasteiger partial charge in [0, 0.05) is 0 Å². The lowest BCUT2D eigenvalue weighted by Gasteiger charge is -2.03. The van der Waals surface area contributed by atoms with Crippen LogP contribution in [-0.4, -0.2) is 19.0 Å². The maximum absolute atomic E-state index is 11.3. The van der Waals surface area contributed by atoms with Gasteiger partial charge in [0.25, 0.3) is 5.91 Å². The minimum atomic E-state index is -0.506. The molecule has 1 aliphatic heterocycles. The number of methoxy groups -OCH3 is 1. The zero-order valence-corrected chi connectivity index (χ0v) is 10.5. The smallest absolute Gasteiger partial charge is 0.326 e. The van der Waals surface area contributed by atoms with Crippen molar-refractivity contribution >= 4 is 33.9 Å². The van der Waals surface area contributed by atoms with E-state index in [1.165, 1.54) is 0 Å². The minimum Gasteiger partial charge on any atom is -0.496 e. The molecule has 88 valence electrons. The molecule has 1 heterocycles. The van der Waals surface area contributed by atoms with Gasteiger partial charge in [-0.15, -0.1) is 0 Å². The van der Waals surface area contributed by atoms with Gasteiger partial charge in [-0.1, -0.05) is 6.07 Å². The quantitative estimate of drug-likeness (QED) is 0.644. The van der Waals surface area contributed by atoms with Crippen LogP contribution in [0.5, 0.6) is 5.75 Å². The van der Waals surface area contributed by atoms with Crippen molar-refractivity contribution in [2.75, 3.05) is 7.11 Å². The Bertz CT molecular complexity index is 525. The molecule has 17 heavy (non-hydrogen) atoms. The van der Waals surface area contributed by atoms with Crippen molar-refractivity contribution in [3.05, 3.63) is 33.9 Å². The molecule has 0 aliphatic carbocycles. The fraction of sp³-hybridized carbons (Fsp3) is 0.0909. The second-order valence-electron chi connectivity index (χ2n) is 3.36. The van der Waals surface area contributed by atoms with Crippen LogP contribution in [0.15, 0.2) is 28.4 Å². The molecule has 2 rings (SSSR count). The highest BCUT2D eigenvalue weighted by Gasteiger charge is 2.22. The van der Waals surface area contributed by atoms with Crippen LogP contribution in [0.1, 0.15) is 5.56 Å². The molecular weight excluding hydrogens is 288 g/mol. The summed E-state index contributed by atoms with van der Waals surface area (Å²) in [5.41, 5.74) is 1.01. The molecule has 5 nitrogen and oxygen atoms in total. The van der Waals surface area contributed by atoms with Crippen LogP contribution < -0.4 is 15.4 Å². The van der Waals surface area contributed by atoms with E-state index in [0.29, 0.717) is 5.75 Å². The molecule has 1 fully saturated rings. The van der Waals surface area contributed by atoms with E-state index >= 15 is 0 Å². The lowest BCUT2D eigenvalue weighted by atomic mass is 10.2. The summed E-state index contributed by atoms with van der Waals surface area (Å²) in [5.74, 6) is 0.272. The average Bonchev–Trinajstić information content (AvgIpc) is 2.58. The first kappa shape index (κ1) is 11.7. The first-order chi connectivity index (χ1) is 8.10. The van der Waals surface area contributed by atoms with Crippen LogP contribution in [-0.2, 0) is 4.79 Å². The van der Waals surface area contributed by atoms with Gasteiger partial charge >= 0.3 is 6.03 Å². The van der Waals surface area contributed by atoms with E-state index in [1.54, 1.807) is 31.4 Å². The number of hydrogen-bond donors (Lipinski definition) is 2. The van der Waals surface area contributed by atoms with Gasteiger partial charge in [0.05, 0.1) is 11.6 Å². The largest absolute Gasteiger partial charge is 0.496 e. The zero-order valence-electron chi connectivity index (χ0n) is 8.91. The number of imide groups is 1. The Morgan fingerprint density at radius 3 is 2.59 bits per heavy atom. The molecule has 1 saturated heterocycles. The third-order valence-corrected chi connectivity index (χ3v) is 2.83. The Morgan fingerprint density at radius 2 is 2.06 bits per heavy atom. The van der Waals surface area contributed by atoms with Crippen molar-refractivity contribution in [3.8, 4) is 5.75 Å². The fourth-order valence-corrected chi connectivity index (χ4v) is 1.98. The van der Waals surface area contributed by atoms with Gasteiger partial charge in [0.15, 0.2) is 0 Å². The van der Waals surface area contributed by atoms with E-state index in [0.717, 1.165) is 10.0 Å². The molecule has 2 N–H and O–H groups in total. The highest BCUT2D eigenvalue weighted by molar-refractivity contribution is 9.10. The lowest BCUT2D eigenvalue weighted by Crippen LogP contribution is -2.22. The monoisotopic (exact) mass is 296 g/mol. The van der Waals surface area contributed by atoms with Gasteiger partial charge in [-0.05, 0) is 39.7 Å². The Hall–Kier alpha value is -1.82. The van der Waals surface area contributed by atoms with E-state index in [9.17, 15) is 9.59 Å². The lowest BCUT2D eigenvalue weighted by molar-refractivity contribution is -0.115. The van der Waals surface area contributed by atoms with Crippen molar-refractivity contribution in [1.29, 1.82) is 0 Å². The number of benzene rings is 1. The van der Waals surface area contributed by atoms with Crippen molar-refractivity contribution in [3.63, 3.8) is 0 Å². The van der Waals surface area contributed by atoms with E-state index in [2.05, 4.69) is 26.6 Å². The van der Waals surface area contributed by atoms with Crippen molar-refractivity contribution in [2.24, 2.45) is 0 Å².